The molecule has 0 bridgehead atoms. The number of allylic oxidation sites excluding steroid dienone is 1. The molecule has 1 fully saturated rings. The molecule has 0 saturated carbocycles. The molecule has 0 amide bonds. The van der Waals surface area contributed by atoms with Gasteiger partial charge in [-0.3, -0.25) is 9.36 Å². The Morgan fingerprint density at radius 1 is 1.38 bits per heavy atom. The van der Waals surface area contributed by atoms with Gasteiger partial charge >= 0.3 is 0 Å². The van der Waals surface area contributed by atoms with Crippen LogP contribution in [0.1, 0.15) is 56.9 Å². The second kappa shape index (κ2) is 12.1. The number of aryl methyl sites for hydroxylation is 1. The van der Waals surface area contributed by atoms with Crippen LogP contribution >= 0.6 is 0 Å². The molecule has 172 valence electrons. The lowest BCUT2D eigenvalue weighted by molar-refractivity contribution is 0.109. The first-order valence-electron chi connectivity index (χ1n) is 11.0. The Labute approximate surface area is 190 Å². The SMILES string of the molecule is C=C(Cn1cnc(/N=C\C)c(C)c1=O)O/N=C(\C)C1CO[C@@H](c2cccc(C)c2)C1.CC. The summed E-state index contributed by atoms with van der Waals surface area (Å²) in [6.07, 6.45) is 3.98. The van der Waals surface area contributed by atoms with E-state index in [4.69, 9.17) is 9.57 Å². The number of ether oxygens (including phenoxy) is 1. The van der Waals surface area contributed by atoms with Crippen LogP contribution in [0.4, 0.5) is 5.82 Å². The van der Waals surface area contributed by atoms with Gasteiger partial charge in [0.05, 0.1) is 30.5 Å². The van der Waals surface area contributed by atoms with Crippen molar-refractivity contribution in [3.8, 4) is 0 Å². The van der Waals surface area contributed by atoms with E-state index in [9.17, 15) is 4.79 Å². The normalized spacial score (nSPS) is 18.4. The highest BCUT2D eigenvalue weighted by atomic mass is 16.6. The fourth-order valence-electron chi connectivity index (χ4n) is 3.40. The molecule has 1 unspecified atom stereocenters. The van der Waals surface area contributed by atoms with Crippen molar-refractivity contribution in [2.24, 2.45) is 16.1 Å². The zero-order valence-electron chi connectivity index (χ0n) is 20.0. The highest BCUT2D eigenvalue weighted by Crippen LogP contribution is 2.33. The molecule has 3 rings (SSSR count). The minimum atomic E-state index is -0.179. The molecule has 2 atom stereocenters. The monoisotopic (exact) mass is 438 g/mol. The van der Waals surface area contributed by atoms with E-state index in [0.29, 0.717) is 23.7 Å². The Hall–Kier alpha value is -3.06. The van der Waals surface area contributed by atoms with Crippen molar-refractivity contribution in [2.75, 3.05) is 6.61 Å². The molecule has 0 spiro atoms. The summed E-state index contributed by atoms with van der Waals surface area (Å²) in [5.41, 5.74) is 3.56. The predicted molar refractivity (Wildman–Crippen MR) is 130 cm³/mol. The summed E-state index contributed by atoms with van der Waals surface area (Å²) >= 11 is 0. The molecule has 0 radical (unpaired) electrons. The van der Waals surface area contributed by atoms with Gasteiger partial charge in [-0.05, 0) is 39.7 Å². The summed E-state index contributed by atoms with van der Waals surface area (Å²) in [4.78, 5) is 26.2. The Balaban J connectivity index is 0.00000176. The number of hydrogen-bond donors (Lipinski definition) is 0. The number of rotatable bonds is 7. The molecule has 1 aliphatic heterocycles. The quantitative estimate of drug-likeness (QED) is 0.334. The number of aromatic nitrogens is 2. The van der Waals surface area contributed by atoms with E-state index < -0.39 is 0 Å². The zero-order valence-corrected chi connectivity index (χ0v) is 20.0. The number of benzene rings is 1. The average molecular weight is 439 g/mol. The first-order valence-corrected chi connectivity index (χ1v) is 11.0. The summed E-state index contributed by atoms with van der Waals surface area (Å²) in [7, 11) is 0. The van der Waals surface area contributed by atoms with E-state index in [1.165, 1.54) is 22.0 Å². The molecule has 0 aliphatic carbocycles. The van der Waals surface area contributed by atoms with Crippen molar-refractivity contribution in [2.45, 2.75) is 60.6 Å². The molecule has 1 saturated heterocycles. The minimum Gasteiger partial charge on any atom is -0.373 e. The average Bonchev–Trinajstić information content (AvgIpc) is 3.29. The van der Waals surface area contributed by atoms with Crippen molar-refractivity contribution in [3.63, 3.8) is 0 Å². The second-order valence-corrected chi connectivity index (χ2v) is 7.54. The zero-order chi connectivity index (χ0) is 23.7. The van der Waals surface area contributed by atoms with Gasteiger partial charge in [-0.15, -0.1) is 0 Å². The highest BCUT2D eigenvalue weighted by molar-refractivity contribution is 5.84. The Bertz CT molecular complexity index is 1040. The fourth-order valence-corrected chi connectivity index (χ4v) is 3.40. The number of hydrogen-bond acceptors (Lipinski definition) is 6. The van der Waals surface area contributed by atoms with Crippen LogP contribution < -0.4 is 5.56 Å². The number of nitrogens with zero attached hydrogens (tertiary/aromatic N) is 4. The molecule has 2 heterocycles. The lowest BCUT2D eigenvalue weighted by Crippen LogP contribution is -2.23. The van der Waals surface area contributed by atoms with Crippen LogP contribution in [0.2, 0.25) is 0 Å². The van der Waals surface area contributed by atoms with Crippen LogP contribution in [-0.2, 0) is 16.1 Å². The van der Waals surface area contributed by atoms with E-state index in [-0.39, 0.29) is 24.1 Å². The summed E-state index contributed by atoms with van der Waals surface area (Å²) in [6.45, 7) is 16.1. The second-order valence-electron chi connectivity index (χ2n) is 7.54. The van der Waals surface area contributed by atoms with Gasteiger partial charge in [0.25, 0.3) is 5.56 Å². The summed E-state index contributed by atoms with van der Waals surface area (Å²) in [5.74, 6) is 0.961. The van der Waals surface area contributed by atoms with Crippen LogP contribution in [0.5, 0.6) is 0 Å². The molecule has 2 aromatic rings. The van der Waals surface area contributed by atoms with Crippen LogP contribution in [0.15, 0.2) is 57.9 Å². The predicted octanol–water partition coefficient (Wildman–Crippen LogP) is 5.29. The van der Waals surface area contributed by atoms with Gasteiger partial charge in [0.2, 0.25) is 0 Å². The maximum Gasteiger partial charge on any atom is 0.258 e. The van der Waals surface area contributed by atoms with Crippen molar-refractivity contribution < 1.29 is 9.57 Å². The van der Waals surface area contributed by atoms with Gasteiger partial charge in [-0.2, -0.15) is 0 Å². The number of oxime groups is 1. The van der Waals surface area contributed by atoms with E-state index >= 15 is 0 Å². The van der Waals surface area contributed by atoms with Crippen LogP contribution in [-0.4, -0.2) is 28.1 Å². The lowest BCUT2D eigenvalue weighted by atomic mass is 9.97. The van der Waals surface area contributed by atoms with Crippen molar-refractivity contribution >= 4 is 17.7 Å². The third kappa shape index (κ3) is 6.47. The molecule has 1 aromatic carbocycles. The summed E-state index contributed by atoms with van der Waals surface area (Å²) in [6, 6.07) is 8.38. The Morgan fingerprint density at radius 2 is 2.12 bits per heavy atom. The molecule has 1 aromatic heterocycles. The van der Waals surface area contributed by atoms with Crippen LogP contribution in [0, 0.1) is 19.8 Å². The van der Waals surface area contributed by atoms with Gasteiger partial charge < -0.3 is 9.57 Å². The molecule has 0 N–H and O–H groups in total. The summed E-state index contributed by atoms with van der Waals surface area (Å²) < 4.78 is 7.40. The molecule has 32 heavy (non-hydrogen) atoms. The van der Waals surface area contributed by atoms with E-state index in [2.05, 4.69) is 52.9 Å². The van der Waals surface area contributed by atoms with Gasteiger partial charge in [0.15, 0.2) is 5.82 Å². The Morgan fingerprint density at radius 3 is 2.81 bits per heavy atom. The molecule has 1 aliphatic rings. The first-order chi connectivity index (χ1) is 15.4. The van der Waals surface area contributed by atoms with Gasteiger partial charge in [0, 0.05) is 12.1 Å². The van der Waals surface area contributed by atoms with Crippen molar-refractivity contribution in [1.29, 1.82) is 0 Å². The van der Waals surface area contributed by atoms with Crippen molar-refractivity contribution in [1.82, 2.24) is 9.55 Å². The van der Waals surface area contributed by atoms with Gasteiger partial charge in [0.1, 0.15) is 12.1 Å². The topological polar surface area (TPSA) is 78.1 Å². The minimum absolute atomic E-state index is 0.0696. The van der Waals surface area contributed by atoms with Gasteiger partial charge in [-0.1, -0.05) is 55.4 Å². The smallest absolute Gasteiger partial charge is 0.258 e. The third-order valence-electron chi connectivity index (χ3n) is 5.16. The van der Waals surface area contributed by atoms with Crippen molar-refractivity contribution in [3.05, 3.63) is 70.0 Å². The first kappa shape index (κ1) is 25.2. The fraction of sp³-hybridized carbons (Fsp3) is 0.440. The molecular weight excluding hydrogens is 404 g/mol. The maximum absolute atomic E-state index is 12.4. The van der Waals surface area contributed by atoms with Crippen LogP contribution in [0.3, 0.4) is 0 Å². The number of aliphatic imine (C=N–C) groups is 1. The van der Waals surface area contributed by atoms with E-state index in [1.807, 2.05) is 20.8 Å². The largest absolute Gasteiger partial charge is 0.373 e. The van der Waals surface area contributed by atoms with Crippen LogP contribution in [0.25, 0.3) is 0 Å². The standard InChI is InChI=1S/C23H28N4O3.C2H6/c1-6-24-22-17(4)23(28)27(14-25-22)12-16(3)30-26-18(5)20-11-21(29-13-20)19-9-7-8-15(2)10-19;1-2/h6-10,14,20-21H,3,11-13H2,1-2,4-5H3;1-2H3/b24-6-,26-18+;/t20?,21-;/m1./s1. The molecular formula is C25H34N4O3. The molecule has 7 heteroatoms. The highest BCUT2D eigenvalue weighted by Gasteiger charge is 2.29. The van der Waals surface area contributed by atoms with E-state index in [0.717, 1.165) is 12.1 Å². The maximum atomic E-state index is 12.4. The van der Waals surface area contributed by atoms with Gasteiger partial charge in [-0.25, -0.2) is 9.98 Å². The molecule has 7 nitrogen and oxygen atoms in total. The van der Waals surface area contributed by atoms with E-state index in [1.54, 1.807) is 20.1 Å². The third-order valence-corrected chi connectivity index (χ3v) is 5.16. The summed E-state index contributed by atoms with van der Waals surface area (Å²) in [5, 5.41) is 4.22. The Kier molecular flexibility index (Phi) is 9.53. The lowest BCUT2D eigenvalue weighted by Gasteiger charge is -2.11.